The second-order valence-electron chi connectivity index (χ2n) is 5.93. The molecule has 0 unspecified atom stereocenters. The number of aryl methyl sites for hydroxylation is 1. The minimum atomic E-state index is -0.344. The summed E-state index contributed by atoms with van der Waals surface area (Å²) >= 11 is 8.65. The second-order valence-corrected chi connectivity index (χ2v) is 8.53. The van der Waals surface area contributed by atoms with Crippen LogP contribution in [-0.2, 0) is 17.9 Å². The smallest absolute Gasteiger partial charge is 0.239 e. The van der Waals surface area contributed by atoms with E-state index in [4.69, 9.17) is 16.3 Å². The van der Waals surface area contributed by atoms with Crippen molar-refractivity contribution in [3.63, 3.8) is 0 Å². The molecule has 148 valence electrons. The highest BCUT2D eigenvalue weighted by molar-refractivity contribution is 8.00. The predicted molar refractivity (Wildman–Crippen MR) is 112 cm³/mol. The molecule has 0 bridgehead atoms. The molecule has 1 amide bonds. The number of ether oxygens (including phenoxy) is 1. The monoisotopic (exact) mass is 437 g/mol. The van der Waals surface area contributed by atoms with E-state index in [1.807, 2.05) is 30.7 Å². The van der Waals surface area contributed by atoms with Gasteiger partial charge in [0.1, 0.15) is 12.4 Å². The fourth-order valence-corrected chi connectivity index (χ4v) is 4.09. The van der Waals surface area contributed by atoms with E-state index in [0.29, 0.717) is 33.4 Å². The summed E-state index contributed by atoms with van der Waals surface area (Å²) < 4.78 is 7.70. The highest BCUT2D eigenvalue weighted by atomic mass is 35.5. The molecule has 28 heavy (non-hydrogen) atoms. The summed E-state index contributed by atoms with van der Waals surface area (Å²) in [5, 5.41) is 14.8. The zero-order valence-electron chi connectivity index (χ0n) is 15.7. The van der Waals surface area contributed by atoms with Crippen molar-refractivity contribution in [2.75, 3.05) is 5.32 Å². The van der Waals surface area contributed by atoms with Crippen LogP contribution in [-0.4, -0.2) is 30.9 Å². The average Bonchev–Trinajstić information content (AvgIpc) is 3.26. The molecule has 1 N–H and O–H groups in total. The first-order chi connectivity index (χ1) is 13.5. The lowest BCUT2D eigenvalue weighted by Crippen LogP contribution is -2.23. The summed E-state index contributed by atoms with van der Waals surface area (Å²) in [7, 11) is 0. The molecule has 1 atom stereocenters. The predicted octanol–water partition coefficient (Wildman–Crippen LogP) is 4.41. The van der Waals surface area contributed by atoms with E-state index in [0.717, 1.165) is 5.69 Å². The maximum absolute atomic E-state index is 12.4. The lowest BCUT2D eigenvalue weighted by atomic mass is 10.3. The van der Waals surface area contributed by atoms with Gasteiger partial charge in [-0.3, -0.25) is 4.79 Å². The quantitative estimate of drug-likeness (QED) is 0.525. The van der Waals surface area contributed by atoms with Crippen LogP contribution >= 0.6 is 34.7 Å². The number of carbonyl (C=O) groups is 1. The molecule has 0 saturated heterocycles. The molecule has 0 aliphatic rings. The number of anilines is 1. The van der Waals surface area contributed by atoms with Gasteiger partial charge in [0.05, 0.1) is 10.9 Å². The van der Waals surface area contributed by atoms with Crippen LogP contribution in [0.1, 0.15) is 25.4 Å². The molecule has 0 radical (unpaired) electrons. The number of benzene rings is 1. The Morgan fingerprint density at radius 3 is 2.75 bits per heavy atom. The summed E-state index contributed by atoms with van der Waals surface area (Å²) in [6.45, 7) is 6.68. The van der Waals surface area contributed by atoms with Crippen molar-refractivity contribution in [2.24, 2.45) is 0 Å². The molecule has 0 aliphatic heterocycles. The topological polar surface area (TPSA) is 81.9 Å². The molecular formula is C18H20ClN5O2S2. The molecule has 3 rings (SSSR count). The van der Waals surface area contributed by atoms with Crippen LogP contribution in [0, 0.1) is 6.92 Å². The molecule has 1 aromatic carbocycles. The first-order valence-electron chi connectivity index (χ1n) is 8.66. The van der Waals surface area contributed by atoms with Crippen LogP contribution in [0.2, 0.25) is 5.02 Å². The maximum atomic E-state index is 12.4. The van der Waals surface area contributed by atoms with E-state index in [2.05, 4.69) is 20.5 Å². The Morgan fingerprint density at radius 2 is 2.11 bits per heavy atom. The average molecular weight is 438 g/mol. The Bertz CT molecular complexity index is 942. The van der Waals surface area contributed by atoms with Crippen molar-refractivity contribution in [1.82, 2.24) is 19.7 Å². The number of nitrogens with one attached hydrogen (secondary N) is 1. The van der Waals surface area contributed by atoms with Gasteiger partial charge in [-0.25, -0.2) is 4.98 Å². The number of hydrogen-bond donors (Lipinski definition) is 1. The Balaban J connectivity index is 1.62. The molecule has 0 fully saturated rings. The minimum Gasteiger partial charge on any atom is -0.486 e. The van der Waals surface area contributed by atoms with Gasteiger partial charge in [0, 0.05) is 16.9 Å². The van der Waals surface area contributed by atoms with Gasteiger partial charge in [-0.1, -0.05) is 23.4 Å². The molecule has 2 aromatic heterocycles. The molecule has 2 heterocycles. The number of amides is 1. The number of aromatic nitrogens is 4. The summed E-state index contributed by atoms with van der Waals surface area (Å²) in [4.78, 5) is 16.7. The van der Waals surface area contributed by atoms with Gasteiger partial charge in [-0.2, -0.15) is 0 Å². The van der Waals surface area contributed by atoms with Crippen molar-refractivity contribution in [3.8, 4) is 5.75 Å². The molecule has 7 nitrogen and oxygen atoms in total. The van der Waals surface area contributed by atoms with Crippen LogP contribution in [0.5, 0.6) is 5.75 Å². The highest BCUT2D eigenvalue weighted by Gasteiger charge is 2.20. The maximum Gasteiger partial charge on any atom is 0.239 e. The number of thiazole rings is 1. The van der Waals surface area contributed by atoms with Crippen LogP contribution in [0.25, 0.3) is 0 Å². The molecule has 10 heteroatoms. The van der Waals surface area contributed by atoms with E-state index in [1.165, 1.54) is 23.1 Å². The molecule has 0 spiro atoms. The summed E-state index contributed by atoms with van der Waals surface area (Å²) in [6, 6.07) is 7.15. The van der Waals surface area contributed by atoms with Gasteiger partial charge in [-0.15, -0.1) is 21.5 Å². The van der Waals surface area contributed by atoms with Gasteiger partial charge in [-0.05, 0) is 45.0 Å². The summed E-state index contributed by atoms with van der Waals surface area (Å²) in [5.41, 5.74) is 0.886. The third-order valence-electron chi connectivity index (χ3n) is 3.79. The molecular weight excluding hydrogens is 418 g/mol. The number of hydrogen-bond acceptors (Lipinski definition) is 7. The first-order valence-corrected chi connectivity index (χ1v) is 10.8. The van der Waals surface area contributed by atoms with Crippen molar-refractivity contribution < 1.29 is 9.53 Å². The van der Waals surface area contributed by atoms with Crippen LogP contribution < -0.4 is 10.1 Å². The summed E-state index contributed by atoms with van der Waals surface area (Å²) in [6.07, 6.45) is 0. The number of rotatable bonds is 8. The zero-order chi connectivity index (χ0) is 20.1. The molecule has 0 saturated carbocycles. The van der Waals surface area contributed by atoms with E-state index in [9.17, 15) is 4.79 Å². The van der Waals surface area contributed by atoms with E-state index in [1.54, 1.807) is 24.3 Å². The van der Waals surface area contributed by atoms with Crippen molar-refractivity contribution in [2.45, 2.75) is 44.3 Å². The SMILES string of the molecule is CCn1c(COc2ccc(Cl)cc2)nnc1S[C@@H](C)C(=O)Nc1nc(C)cs1. The standard InChI is InChI=1S/C18H20ClN5O2S2/c1-4-24-15(9-26-14-7-5-13(19)6-8-14)22-23-18(24)28-12(3)16(25)21-17-20-11(2)10-27-17/h5-8,10,12H,4,9H2,1-3H3,(H,20,21,25)/t12-/m0/s1. The fraction of sp³-hybridized carbons (Fsp3) is 0.333. The van der Waals surface area contributed by atoms with Gasteiger partial charge in [0.15, 0.2) is 16.1 Å². The Hall–Kier alpha value is -2.10. The third kappa shape index (κ3) is 5.24. The fourth-order valence-electron chi connectivity index (χ4n) is 2.34. The largest absolute Gasteiger partial charge is 0.486 e. The van der Waals surface area contributed by atoms with Gasteiger partial charge >= 0.3 is 0 Å². The van der Waals surface area contributed by atoms with Gasteiger partial charge in [0.2, 0.25) is 5.91 Å². The number of thioether (sulfide) groups is 1. The normalized spacial score (nSPS) is 12.0. The molecule has 3 aromatic rings. The van der Waals surface area contributed by atoms with Crippen LogP contribution in [0.3, 0.4) is 0 Å². The lowest BCUT2D eigenvalue weighted by molar-refractivity contribution is -0.115. The first kappa shape index (κ1) is 20.6. The summed E-state index contributed by atoms with van der Waals surface area (Å²) in [5.74, 6) is 1.28. The number of halogens is 1. The van der Waals surface area contributed by atoms with Crippen molar-refractivity contribution in [1.29, 1.82) is 0 Å². The highest BCUT2D eigenvalue weighted by Crippen LogP contribution is 2.25. The lowest BCUT2D eigenvalue weighted by Gasteiger charge is -2.12. The third-order valence-corrected chi connectivity index (χ3v) is 6.00. The minimum absolute atomic E-state index is 0.121. The van der Waals surface area contributed by atoms with E-state index >= 15 is 0 Å². The zero-order valence-corrected chi connectivity index (χ0v) is 18.1. The molecule has 0 aliphatic carbocycles. The Kier molecular flexibility index (Phi) is 6.93. The number of carbonyl (C=O) groups excluding carboxylic acids is 1. The van der Waals surface area contributed by atoms with Gasteiger partial charge in [0.25, 0.3) is 0 Å². The van der Waals surface area contributed by atoms with Gasteiger partial charge < -0.3 is 14.6 Å². The van der Waals surface area contributed by atoms with Crippen LogP contribution in [0.15, 0.2) is 34.8 Å². The van der Waals surface area contributed by atoms with Crippen molar-refractivity contribution >= 4 is 45.7 Å². The van der Waals surface area contributed by atoms with Crippen molar-refractivity contribution in [3.05, 3.63) is 46.2 Å². The number of nitrogens with zero attached hydrogens (tertiary/aromatic N) is 4. The Labute approximate surface area is 176 Å². The Morgan fingerprint density at radius 1 is 1.36 bits per heavy atom. The van der Waals surface area contributed by atoms with E-state index < -0.39 is 0 Å². The van der Waals surface area contributed by atoms with Crippen LogP contribution in [0.4, 0.5) is 5.13 Å². The van der Waals surface area contributed by atoms with E-state index in [-0.39, 0.29) is 17.8 Å². The second kappa shape index (κ2) is 9.40.